The van der Waals surface area contributed by atoms with Gasteiger partial charge in [0.25, 0.3) is 5.91 Å². The largest absolute Gasteiger partial charge is 0.381 e. The molecule has 1 amide bonds. The second-order valence-electron chi connectivity index (χ2n) is 5.90. The van der Waals surface area contributed by atoms with Gasteiger partial charge in [-0.25, -0.2) is 4.39 Å². The number of pyridine rings is 1. The molecule has 0 aliphatic carbocycles. The summed E-state index contributed by atoms with van der Waals surface area (Å²) in [6, 6.07) is 19.9. The molecule has 0 aliphatic rings. The summed E-state index contributed by atoms with van der Waals surface area (Å²) in [6.07, 6.45) is 2.25. The molecule has 0 atom stereocenters. The molecule has 3 aromatic rings. The summed E-state index contributed by atoms with van der Waals surface area (Å²) < 4.78 is 12.9. The number of aromatic nitrogens is 1. The first-order chi connectivity index (χ1) is 12.7. The molecule has 2 aromatic carbocycles. The highest BCUT2D eigenvalue weighted by molar-refractivity contribution is 5.93. The Balaban J connectivity index is 1.51. The van der Waals surface area contributed by atoms with E-state index >= 15 is 0 Å². The number of carbonyl (C=O) groups excluding carboxylic acids is 1. The van der Waals surface area contributed by atoms with Crippen LogP contribution in [0, 0.1) is 5.82 Å². The van der Waals surface area contributed by atoms with Gasteiger partial charge in [0.1, 0.15) is 11.5 Å². The Morgan fingerprint density at radius 2 is 1.73 bits per heavy atom. The molecular weight excluding hydrogens is 329 g/mol. The molecule has 0 aliphatic heterocycles. The Bertz CT molecular complexity index is 851. The van der Waals surface area contributed by atoms with Crippen molar-refractivity contribution >= 4 is 11.6 Å². The molecule has 0 fully saturated rings. The number of benzene rings is 2. The number of halogens is 1. The Kier molecular flexibility index (Phi) is 5.93. The van der Waals surface area contributed by atoms with Gasteiger partial charge in [-0.2, -0.15) is 0 Å². The van der Waals surface area contributed by atoms with E-state index in [0.29, 0.717) is 25.2 Å². The summed E-state index contributed by atoms with van der Waals surface area (Å²) in [5.74, 6) is -0.489. The highest BCUT2D eigenvalue weighted by Gasteiger charge is 2.07. The molecule has 132 valence electrons. The Hall–Kier alpha value is -3.21. The van der Waals surface area contributed by atoms with Crippen LogP contribution in [0.2, 0.25) is 0 Å². The summed E-state index contributed by atoms with van der Waals surface area (Å²) in [7, 11) is 0. The molecule has 1 heterocycles. The van der Waals surface area contributed by atoms with E-state index in [1.54, 1.807) is 24.4 Å². The van der Waals surface area contributed by atoms with Crippen LogP contribution in [-0.4, -0.2) is 17.4 Å². The van der Waals surface area contributed by atoms with Crippen molar-refractivity contribution in [2.24, 2.45) is 0 Å². The van der Waals surface area contributed by atoms with Crippen molar-refractivity contribution in [1.29, 1.82) is 0 Å². The number of hydrogen-bond acceptors (Lipinski definition) is 3. The number of anilines is 1. The zero-order valence-corrected chi connectivity index (χ0v) is 14.3. The SMILES string of the molecule is O=C(NCCc1ccc(F)cc1)c1cc(NCc2ccccc2)ccn1. The summed E-state index contributed by atoms with van der Waals surface area (Å²) in [6.45, 7) is 1.14. The third-order valence-corrected chi connectivity index (χ3v) is 3.94. The maximum Gasteiger partial charge on any atom is 0.269 e. The smallest absolute Gasteiger partial charge is 0.269 e. The summed E-state index contributed by atoms with van der Waals surface area (Å²) >= 11 is 0. The molecule has 0 radical (unpaired) electrons. The fourth-order valence-electron chi connectivity index (χ4n) is 2.53. The first kappa shape index (κ1) is 17.6. The van der Waals surface area contributed by atoms with Crippen molar-refractivity contribution in [3.63, 3.8) is 0 Å². The van der Waals surface area contributed by atoms with E-state index in [2.05, 4.69) is 15.6 Å². The van der Waals surface area contributed by atoms with E-state index in [1.165, 1.54) is 12.1 Å². The predicted molar refractivity (Wildman–Crippen MR) is 100 cm³/mol. The van der Waals surface area contributed by atoms with E-state index in [4.69, 9.17) is 0 Å². The molecule has 0 saturated carbocycles. The van der Waals surface area contributed by atoms with E-state index in [1.807, 2.05) is 36.4 Å². The second kappa shape index (κ2) is 8.76. The molecule has 0 unspecified atom stereocenters. The van der Waals surface area contributed by atoms with Crippen molar-refractivity contribution in [3.8, 4) is 0 Å². The van der Waals surface area contributed by atoms with Gasteiger partial charge in [-0.15, -0.1) is 0 Å². The summed E-state index contributed by atoms with van der Waals surface area (Å²) in [4.78, 5) is 16.4. The zero-order valence-electron chi connectivity index (χ0n) is 14.3. The topological polar surface area (TPSA) is 54.0 Å². The van der Waals surface area contributed by atoms with Crippen LogP contribution in [0.3, 0.4) is 0 Å². The summed E-state index contributed by atoms with van der Waals surface area (Å²) in [5, 5.41) is 6.13. The quantitative estimate of drug-likeness (QED) is 0.682. The highest BCUT2D eigenvalue weighted by atomic mass is 19.1. The third kappa shape index (κ3) is 5.14. The molecule has 2 N–H and O–H groups in total. The van der Waals surface area contributed by atoms with Crippen LogP contribution in [0.1, 0.15) is 21.6 Å². The van der Waals surface area contributed by atoms with Crippen LogP contribution >= 0.6 is 0 Å². The molecule has 0 saturated heterocycles. The Morgan fingerprint density at radius 3 is 2.50 bits per heavy atom. The highest BCUT2D eigenvalue weighted by Crippen LogP contribution is 2.10. The molecule has 3 rings (SSSR count). The van der Waals surface area contributed by atoms with Crippen LogP contribution in [0.5, 0.6) is 0 Å². The monoisotopic (exact) mass is 349 g/mol. The van der Waals surface area contributed by atoms with Gasteiger partial charge in [0.2, 0.25) is 0 Å². The fourth-order valence-corrected chi connectivity index (χ4v) is 2.53. The van der Waals surface area contributed by atoms with E-state index in [-0.39, 0.29) is 11.7 Å². The molecule has 5 heteroatoms. The van der Waals surface area contributed by atoms with Gasteiger partial charge in [-0.05, 0) is 41.8 Å². The molecule has 0 bridgehead atoms. The molecule has 4 nitrogen and oxygen atoms in total. The maximum atomic E-state index is 12.9. The van der Waals surface area contributed by atoms with Gasteiger partial charge in [-0.3, -0.25) is 9.78 Å². The molecular formula is C21H20FN3O. The average molecular weight is 349 g/mol. The molecule has 0 spiro atoms. The maximum absolute atomic E-state index is 12.9. The molecule has 26 heavy (non-hydrogen) atoms. The van der Waals surface area contributed by atoms with E-state index < -0.39 is 0 Å². The van der Waals surface area contributed by atoms with Gasteiger partial charge in [0.15, 0.2) is 0 Å². The Morgan fingerprint density at radius 1 is 0.962 bits per heavy atom. The molecule has 1 aromatic heterocycles. The Labute approximate surface area is 152 Å². The number of nitrogens with one attached hydrogen (secondary N) is 2. The van der Waals surface area contributed by atoms with Crippen molar-refractivity contribution < 1.29 is 9.18 Å². The van der Waals surface area contributed by atoms with Crippen molar-refractivity contribution in [3.05, 3.63) is 95.6 Å². The normalized spacial score (nSPS) is 10.3. The number of hydrogen-bond donors (Lipinski definition) is 2. The van der Waals surface area contributed by atoms with Crippen LogP contribution in [0.25, 0.3) is 0 Å². The van der Waals surface area contributed by atoms with E-state index in [0.717, 1.165) is 16.8 Å². The standard InChI is InChI=1S/C21H20FN3O/c22-18-8-6-16(7-9-18)10-12-24-21(26)20-14-19(11-13-23-20)25-15-17-4-2-1-3-5-17/h1-9,11,13-14H,10,12,15H2,(H,23,25)(H,24,26). The minimum atomic E-state index is -0.262. The fraction of sp³-hybridized carbons (Fsp3) is 0.143. The lowest BCUT2D eigenvalue weighted by Gasteiger charge is -2.09. The van der Waals surface area contributed by atoms with Gasteiger partial charge in [-0.1, -0.05) is 42.5 Å². The van der Waals surface area contributed by atoms with Gasteiger partial charge in [0, 0.05) is 25.0 Å². The lowest BCUT2D eigenvalue weighted by Crippen LogP contribution is -2.26. The van der Waals surface area contributed by atoms with Crippen LogP contribution < -0.4 is 10.6 Å². The van der Waals surface area contributed by atoms with E-state index in [9.17, 15) is 9.18 Å². The number of nitrogens with zero attached hydrogens (tertiary/aromatic N) is 1. The van der Waals surface area contributed by atoms with Crippen molar-refractivity contribution in [2.75, 3.05) is 11.9 Å². The number of carbonyl (C=O) groups is 1. The second-order valence-corrected chi connectivity index (χ2v) is 5.90. The third-order valence-electron chi connectivity index (χ3n) is 3.94. The predicted octanol–water partition coefficient (Wildman–Crippen LogP) is 3.81. The zero-order chi connectivity index (χ0) is 18.2. The van der Waals surface area contributed by atoms with Crippen LogP contribution in [0.15, 0.2) is 72.9 Å². The first-order valence-corrected chi connectivity index (χ1v) is 8.47. The minimum Gasteiger partial charge on any atom is -0.381 e. The minimum absolute atomic E-state index is 0.226. The average Bonchev–Trinajstić information content (AvgIpc) is 2.69. The van der Waals surface area contributed by atoms with Crippen LogP contribution in [-0.2, 0) is 13.0 Å². The van der Waals surface area contributed by atoms with Gasteiger partial charge in [0.05, 0.1) is 0 Å². The number of amides is 1. The first-order valence-electron chi connectivity index (χ1n) is 8.47. The number of rotatable bonds is 7. The van der Waals surface area contributed by atoms with Gasteiger partial charge < -0.3 is 10.6 Å². The van der Waals surface area contributed by atoms with Crippen LogP contribution in [0.4, 0.5) is 10.1 Å². The lowest BCUT2D eigenvalue weighted by atomic mass is 10.1. The summed E-state index contributed by atoms with van der Waals surface area (Å²) in [5.41, 5.74) is 3.34. The van der Waals surface area contributed by atoms with Crippen molar-refractivity contribution in [2.45, 2.75) is 13.0 Å². The van der Waals surface area contributed by atoms with Crippen molar-refractivity contribution in [1.82, 2.24) is 10.3 Å². The lowest BCUT2D eigenvalue weighted by molar-refractivity contribution is 0.0949. The van der Waals surface area contributed by atoms with Gasteiger partial charge >= 0.3 is 0 Å².